The number of anilines is 2. The Kier molecular flexibility index (Phi) is 6.27. The Morgan fingerprint density at radius 2 is 2.04 bits per heavy atom. The summed E-state index contributed by atoms with van der Waals surface area (Å²) in [5.74, 6) is -0.581. The van der Waals surface area contributed by atoms with Gasteiger partial charge in [0.1, 0.15) is 11.6 Å². The van der Waals surface area contributed by atoms with Crippen molar-refractivity contribution in [1.82, 2.24) is 0 Å². The van der Waals surface area contributed by atoms with Gasteiger partial charge in [0.05, 0.1) is 15.7 Å². The summed E-state index contributed by atoms with van der Waals surface area (Å²) in [4.78, 5) is 12.2. The second-order valence-electron chi connectivity index (χ2n) is 4.83. The molecule has 4 nitrogen and oxygen atoms in total. The van der Waals surface area contributed by atoms with Crippen molar-refractivity contribution in [2.45, 2.75) is 6.92 Å². The SMILES string of the molecule is Cc1cc(N/C=C(/C#N)C(=O)Nc2cccc(Cl)c2Cl)ccc1Br. The van der Waals surface area contributed by atoms with Gasteiger partial charge in [-0.3, -0.25) is 4.79 Å². The fourth-order valence-corrected chi connectivity index (χ4v) is 2.42. The molecule has 0 aliphatic carbocycles. The van der Waals surface area contributed by atoms with Crippen LogP contribution in [0.2, 0.25) is 10.0 Å². The van der Waals surface area contributed by atoms with Crippen molar-refractivity contribution in [3.63, 3.8) is 0 Å². The van der Waals surface area contributed by atoms with Crippen molar-refractivity contribution in [3.05, 3.63) is 68.3 Å². The van der Waals surface area contributed by atoms with Gasteiger partial charge in [0.2, 0.25) is 0 Å². The molecule has 0 saturated heterocycles. The minimum atomic E-state index is -0.581. The first kappa shape index (κ1) is 18.3. The normalized spacial score (nSPS) is 10.9. The van der Waals surface area contributed by atoms with Crippen molar-refractivity contribution in [3.8, 4) is 6.07 Å². The van der Waals surface area contributed by atoms with E-state index in [0.717, 1.165) is 15.7 Å². The molecule has 1 amide bonds. The predicted octanol–water partition coefficient (Wildman–Crippen LogP) is 5.52. The average Bonchev–Trinajstić information content (AvgIpc) is 2.55. The Hall–Kier alpha value is -2.00. The number of hydrogen-bond acceptors (Lipinski definition) is 3. The van der Waals surface area contributed by atoms with Crippen LogP contribution in [0.25, 0.3) is 0 Å². The molecule has 2 aromatic carbocycles. The highest BCUT2D eigenvalue weighted by Crippen LogP contribution is 2.29. The highest BCUT2D eigenvalue weighted by atomic mass is 79.9. The predicted molar refractivity (Wildman–Crippen MR) is 101 cm³/mol. The van der Waals surface area contributed by atoms with Crippen LogP contribution in [0.15, 0.2) is 52.6 Å². The zero-order valence-electron chi connectivity index (χ0n) is 12.5. The molecule has 0 aliphatic heterocycles. The number of amides is 1. The molecule has 0 aliphatic rings. The van der Waals surface area contributed by atoms with Crippen LogP contribution in [0.1, 0.15) is 5.56 Å². The zero-order chi connectivity index (χ0) is 17.7. The number of nitrogens with zero attached hydrogens (tertiary/aromatic N) is 1. The number of carbonyl (C=O) groups is 1. The van der Waals surface area contributed by atoms with Gasteiger partial charge in [0.25, 0.3) is 5.91 Å². The van der Waals surface area contributed by atoms with E-state index in [2.05, 4.69) is 26.6 Å². The van der Waals surface area contributed by atoms with E-state index in [4.69, 9.17) is 23.2 Å². The summed E-state index contributed by atoms with van der Waals surface area (Å²) >= 11 is 15.3. The van der Waals surface area contributed by atoms with Crippen LogP contribution in [0, 0.1) is 18.3 Å². The van der Waals surface area contributed by atoms with Gasteiger partial charge in [0, 0.05) is 16.4 Å². The van der Waals surface area contributed by atoms with Gasteiger partial charge in [-0.05, 0) is 42.8 Å². The Bertz CT molecular complexity index is 859. The van der Waals surface area contributed by atoms with Gasteiger partial charge in [-0.2, -0.15) is 5.26 Å². The summed E-state index contributed by atoms with van der Waals surface area (Å²) in [5.41, 5.74) is 2.04. The smallest absolute Gasteiger partial charge is 0.267 e. The summed E-state index contributed by atoms with van der Waals surface area (Å²) in [6.45, 7) is 1.94. The van der Waals surface area contributed by atoms with E-state index in [9.17, 15) is 10.1 Å². The lowest BCUT2D eigenvalue weighted by atomic mass is 10.2. The highest BCUT2D eigenvalue weighted by Gasteiger charge is 2.12. The molecule has 7 heteroatoms. The van der Waals surface area contributed by atoms with E-state index in [0.29, 0.717) is 10.7 Å². The maximum atomic E-state index is 12.2. The second kappa shape index (κ2) is 8.20. The fraction of sp³-hybridized carbons (Fsp3) is 0.0588. The monoisotopic (exact) mass is 423 g/mol. The number of halogens is 3. The largest absolute Gasteiger partial charge is 0.360 e. The molecule has 0 unspecified atom stereocenters. The number of nitriles is 1. The molecule has 24 heavy (non-hydrogen) atoms. The topological polar surface area (TPSA) is 64.9 Å². The van der Waals surface area contributed by atoms with E-state index < -0.39 is 5.91 Å². The van der Waals surface area contributed by atoms with Gasteiger partial charge in [0.15, 0.2) is 0 Å². The minimum Gasteiger partial charge on any atom is -0.360 e. The van der Waals surface area contributed by atoms with Crippen molar-refractivity contribution in [2.75, 3.05) is 10.6 Å². The first-order chi connectivity index (χ1) is 11.4. The van der Waals surface area contributed by atoms with Gasteiger partial charge in [-0.15, -0.1) is 0 Å². The third-order valence-corrected chi connectivity index (χ3v) is 4.81. The molecule has 0 saturated carbocycles. The molecular formula is C17H12BrCl2N3O. The number of nitrogens with one attached hydrogen (secondary N) is 2. The Morgan fingerprint density at radius 1 is 1.29 bits per heavy atom. The van der Waals surface area contributed by atoms with Crippen molar-refractivity contribution in [1.29, 1.82) is 5.26 Å². The second-order valence-corrected chi connectivity index (χ2v) is 6.47. The molecule has 2 rings (SSSR count). The molecular weight excluding hydrogens is 413 g/mol. The standard InChI is InChI=1S/C17H12BrCl2N3O/c1-10-7-12(5-6-13(10)18)22-9-11(8-21)17(24)23-15-4-2-3-14(19)16(15)20/h2-7,9,22H,1H3,(H,23,24)/b11-9-. The Morgan fingerprint density at radius 3 is 2.71 bits per heavy atom. The Balaban J connectivity index is 2.15. The highest BCUT2D eigenvalue weighted by molar-refractivity contribution is 9.10. The van der Waals surface area contributed by atoms with E-state index >= 15 is 0 Å². The minimum absolute atomic E-state index is 0.0911. The fourth-order valence-electron chi connectivity index (χ4n) is 1.83. The maximum absolute atomic E-state index is 12.2. The molecule has 0 heterocycles. The van der Waals surface area contributed by atoms with E-state index in [-0.39, 0.29) is 10.6 Å². The third-order valence-electron chi connectivity index (χ3n) is 3.11. The van der Waals surface area contributed by atoms with Crippen molar-refractivity contribution < 1.29 is 4.79 Å². The first-order valence-electron chi connectivity index (χ1n) is 6.80. The molecule has 0 fully saturated rings. The molecule has 122 valence electrons. The quantitative estimate of drug-likeness (QED) is 0.501. The Labute approximate surface area is 158 Å². The molecule has 0 bridgehead atoms. The molecule has 0 atom stereocenters. The van der Waals surface area contributed by atoms with E-state index in [1.807, 2.05) is 31.2 Å². The van der Waals surface area contributed by atoms with Gasteiger partial charge in [-0.25, -0.2) is 0 Å². The maximum Gasteiger partial charge on any atom is 0.267 e. The van der Waals surface area contributed by atoms with Crippen LogP contribution >= 0.6 is 39.1 Å². The molecule has 0 radical (unpaired) electrons. The molecule has 0 spiro atoms. The van der Waals surface area contributed by atoms with Crippen molar-refractivity contribution >= 4 is 56.4 Å². The average molecular weight is 425 g/mol. The number of rotatable bonds is 4. The van der Waals surface area contributed by atoms with Crippen LogP contribution in [-0.2, 0) is 4.79 Å². The number of carbonyl (C=O) groups excluding carboxylic acids is 1. The van der Waals surface area contributed by atoms with Gasteiger partial charge in [-0.1, -0.05) is 45.2 Å². The summed E-state index contributed by atoms with van der Waals surface area (Å²) in [6, 6.07) is 12.3. The summed E-state index contributed by atoms with van der Waals surface area (Å²) in [6.07, 6.45) is 1.34. The summed E-state index contributed by atoms with van der Waals surface area (Å²) < 4.78 is 0.978. The van der Waals surface area contributed by atoms with Crippen LogP contribution in [0.3, 0.4) is 0 Å². The van der Waals surface area contributed by atoms with E-state index in [1.165, 1.54) is 6.20 Å². The lowest BCUT2D eigenvalue weighted by Gasteiger charge is -2.08. The van der Waals surface area contributed by atoms with Gasteiger partial charge >= 0.3 is 0 Å². The lowest BCUT2D eigenvalue weighted by molar-refractivity contribution is -0.112. The zero-order valence-corrected chi connectivity index (χ0v) is 15.6. The van der Waals surface area contributed by atoms with E-state index in [1.54, 1.807) is 18.2 Å². The van der Waals surface area contributed by atoms with Gasteiger partial charge < -0.3 is 10.6 Å². The molecule has 2 N–H and O–H groups in total. The van der Waals surface area contributed by atoms with Crippen molar-refractivity contribution in [2.24, 2.45) is 0 Å². The van der Waals surface area contributed by atoms with Crippen LogP contribution in [0.4, 0.5) is 11.4 Å². The number of benzene rings is 2. The molecule has 2 aromatic rings. The third kappa shape index (κ3) is 4.51. The number of aryl methyl sites for hydroxylation is 1. The first-order valence-corrected chi connectivity index (χ1v) is 8.35. The molecule has 0 aromatic heterocycles. The van der Waals surface area contributed by atoms with Crippen LogP contribution in [0.5, 0.6) is 0 Å². The summed E-state index contributed by atoms with van der Waals surface area (Å²) in [7, 11) is 0. The summed E-state index contributed by atoms with van der Waals surface area (Å²) in [5, 5.41) is 15.2. The number of hydrogen-bond donors (Lipinski definition) is 2. The lowest BCUT2D eigenvalue weighted by Crippen LogP contribution is -2.15. The van der Waals surface area contributed by atoms with Crippen LogP contribution in [-0.4, -0.2) is 5.91 Å². The van der Waals surface area contributed by atoms with Crippen LogP contribution < -0.4 is 10.6 Å².